The van der Waals surface area contributed by atoms with E-state index in [0.717, 1.165) is 30.6 Å². The smallest absolute Gasteiger partial charge is 0.108 e. The Balaban J connectivity index is 2.37. The number of nitrogens with zero attached hydrogens (tertiary/aromatic N) is 1. The number of hydrogen-bond acceptors (Lipinski definition) is 3. The van der Waals surface area contributed by atoms with E-state index in [0.29, 0.717) is 6.42 Å². The first-order valence-electron chi connectivity index (χ1n) is 6.41. The molecule has 0 bridgehead atoms. The number of benzene rings is 1. The van der Waals surface area contributed by atoms with Crippen LogP contribution in [-0.4, -0.2) is 23.2 Å². The Kier molecular flexibility index (Phi) is 4.31. The molecule has 0 spiro atoms. The minimum absolute atomic E-state index is 0.559. The SMILES string of the molecule is CSCCC(O)C1(C#N)CCCc2ccccc21. The highest BCUT2D eigenvalue weighted by atomic mass is 32.2. The Morgan fingerprint density at radius 3 is 3.00 bits per heavy atom. The molecular formula is C15H19NOS. The van der Waals surface area contributed by atoms with Gasteiger partial charge in [0.1, 0.15) is 5.41 Å². The van der Waals surface area contributed by atoms with E-state index in [9.17, 15) is 10.4 Å². The van der Waals surface area contributed by atoms with E-state index in [2.05, 4.69) is 12.1 Å². The summed E-state index contributed by atoms with van der Waals surface area (Å²) in [5, 5.41) is 20.1. The predicted molar refractivity (Wildman–Crippen MR) is 75.7 cm³/mol. The molecule has 2 atom stereocenters. The topological polar surface area (TPSA) is 44.0 Å². The van der Waals surface area contributed by atoms with Gasteiger partial charge < -0.3 is 5.11 Å². The summed E-state index contributed by atoms with van der Waals surface area (Å²) in [5.41, 5.74) is 1.59. The highest BCUT2D eigenvalue weighted by Gasteiger charge is 2.42. The summed E-state index contributed by atoms with van der Waals surface area (Å²) in [4.78, 5) is 0. The van der Waals surface area contributed by atoms with Gasteiger partial charge in [0.2, 0.25) is 0 Å². The van der Waals surface area contributed by atoms with Crippen LogP contribution in [0.1, 0.15) is 30.4 Å². The van der Waals surface area contributed by atoms with Gasteiger partial charge in [-0.3, -0.25) is 0 Å². The van der Waals surface area contributed by atoms with Gasteiger partial charge in [-0.15, -0.1) is 0 Å². The molecule has 1 aromatic carbocycles. The minimum atomic E-state index is -0.690. The standard InChI is InChI=1S/C15H19NOS/c1-18-10-8-14(17)15(11-16)9-4-6-12-5-2-3-7-13(12)15/h2-3,5,7,14,17H,4,6,8-10H2,1H3. The van der Waals surface area contributed by atoms with Crippen molar-refractivity contribution in [2.24, 2.45) is 0 Å². The van der Waals surface area contributed by atoms with E-state index in [1.54, 1.807) is 11.8 Å². The number of fused-ring (bicyclic) bond motifs is 1. The first kappa shape index (κ1) is 13.5. The van der Waals surface area contributed by atoms with Crippen LogP contribution in [-0.2, 0) is 11.8 Å². The number of hydrogen-bond donors (Lipinski definition) is 1. The Bertz CT molecular complexity index is 454. The van der Waals surface area contributed by atoms with E-state index in [4.69, 9.17) is 0 Å². The lowest BCUT2D eigenvalue weighted by atomic mass is 9.67. The zero-order chi connectivity index (χ0) is 13.0. The van der Waals surface area contributed by atoms with Crippen LogP contribution in [0.25, 0.3) is 0 Å². The van der Waals surface area contributed by atoms with Gasteiger partial charge in [0.25, 0.3) is 0 Å². The van der Waals surface area contributed by atoms with E-state index < -0.39 is 11.5 Å². The van der Waals surface area contributed by atoms with Crippen LogP contribution in [0.15, 0.2) is 24.3 Å². The highest BCUT2D eigenvalue weighted by molar-refractivity contribution is 7.98. The Labute approximate surface area is 113 Å². The first-order chi connectivity index (χ1) is 8.74. The summed E-state index contributed by atoms with van der Waals surface area (Å²) >= 11 is 1.72. The Morgan fingerprint density at radius 1 is 1.50 bits per heavy atom. The first-order valence-corrected chi connectivity index (χ1v) is 7.80. The molecule has 3 heteroatoms. The molecular weight excluding hydrogens is 242 g/mol. The third-order valence-corrected chi connectivity index (χ3v) is 4.52. The molecule has 18 heavy (non-hydrogen) atoms. The largest absolute Gasteiger partial charge is 0.391 e. The van der Waals surface area contributed by atoms with Gasteiger partial charge in [-0.2, -0.15) is 17.0 Å². The monoisotopic (exact) mass is 261 g/mol. The Hall–Kier alpha value is -0.980. The highest BCUT2D eigenvalue weighted by Crippen LogP contribution is 2.40. The van der Waals surface area contributed by atoms with Crippen molar-refractivity contribution >= 4 is 11.8 Å². The molecule has 96 valence electrons. The van der Waals surface area contributed by atoms with Crippen LogP contribution in [0.2, 0.25) is 0 Å². The molecule has 0 fully saturated rings. The summed E-state index contributed by atoms with van der Waals surface area (Å²) in [6, 6.07) is 10.5. The van der Waals surface area contributed by atoms with Gasteiger partial charge in [0.15, 0.2) is 0 Å². The van der Waals surface area contributed by atoms with Crippen LogP contribution in [0.4, 0.5) is 0 Å². The second kappa shape index (κ2) is 5.77. The molecule has 0 saturated heterocycles. The normalized spacial score (nSPS) is 24.1. The van der Waals surface area contributed by atoms with Gasteiger partial charge in [-0.05, 0) is 48.8 Å². The molecule has 1 aliphatic carbocycles. The molecule has 0 aliphatic heterocycles. The van der Waals surface area contributed by atoms with E-state index >= 15 is 0 Å². The zero-order valence-corrected chi connectivity index (χ0v) is 11.5. The van der Waals surface area contributed by atoms with Gasteiger partial charge in [0.05, 0.1) is 12.2 Å². The van der Waals surface area contributed by atoms with E-state index in [1.165, 1.54) is 5.56 Å². The van der Waals surface area contributed by atoms with Crippen molar-refractivity contribution in [3.8, 4) is 6.07 Å². The van der Waals surface area contributed by atoms with Crippen LogP contribution < -0.4 is 0 Å². The molecule has 1 aliphatic rings. The van der Waals surface area contributed by atoms with Crippen LogP contribution >= 0.6 is 11.8 Å². The summed E-state index contributed by atoms with van der Waals surface area (Å²) in [7, 11) is 0. The maximum absolute atomic E-state index is 10.5. The number of aryl methyl sites for hydroxylation is 1. The van der Waals surface area contributed by atoms with Crippen molar-refractivity contribution in [3.63, 3.8) is 0 Å². The average Bonchev–Trinajstić information content (AvgIpc) is 2.44. The summed E-state index contributed by atoms with van der Waals surface area (Å²) in [6.07, 6.45) is 4.94. The maximum Gasteiger partial charge on any atom is 0.108 e. The second-order valence-corrected chi connectivity index (χ2v) is 5.88. The Morgan fingerprint density at radius 2 is 2.28 bits per heavy atom. The molecule has 2 nitrogen and oxygen atoms in total. The van der Waals surface area contributed by atoms with Crippen molar-refractivity contribution < 1.29 is 5.11 Å². The summed E-state index contributed by atoms with van der Waals surface area (Å²) < 4.78 is 0. The fourth-order valence-corrected chi connectivity index (χ4v) is 3.34. The third kappa shape index (κ3) is 2.28. The molecule has 0 saturated carbocycles. The lowest BCUT2D eigenvalue weighted by Crippen LogP contribution is -2.41. The second-order valence-electron chi connectivity index (χ2n) is 4.89. The number of aliphatic hydroxyl groups excluding tert-OH is 1. The molecule has 1 aromatic rings. The van der Waals surface area contributed by atoms with Crippen LogP contribution in [0, 0.1) is 11.3 Å². The quantitative estimate of drug-likeness (QED) is 0.906. The fourth-order valence-electron chi connectivity index (χ4n) is 2.88. The van der Waals surface area contributed by atoms with Gasteiger partial charge in [0, 0.05) is 0 Å². The van der Waals surface area contributed by atoms with Gasteiger partial charge in [-0.25, -0.2) is 0 Å². The maximum atomic E-state index is 10.5. The summed E-state index contributed by atoms with van der Waals surface area (Å²) in [5.74, 6) is 0.896. The lowest BCUT2D eigenvalue weighted by molar-refractivity contribution is 0.0967. The third-order valence-electron chi connectivity index (χ3n) is 3.88. The van der Waals surface area contributed by atoms with E-state index in [-0.39, 0.29) is 0 Å². The van der Waals surface area contributed by atoms with Crippen molar-refractivity contribution in [2.45, 2.75) is 37.2 Å². The van der Waals surface area contributed by atoms with Crippen molar-refractivity contribution in [1.82, 2.24) is 0 Å². The fraction of sp³-hybridized carbons (Fsp3) is 0.533. The lowest BCUT2D eigenvalue weighted by Gasteiger charge is -2.37. The molecule has 0 amide bonds. The number of thioether (sulfide) groups is 1. The predicted octanol–water partition coefficient (Wildman–Crippen LogP) is 2.90. The van der Waals surface area contributed by atoms with Gasteiger partial charge >= 0.3 is 0 Å². The summed E-state index contributed by atoms with van der Waals surface area (Å²) in [6.45, 7) is 0. The molecule has 0 radical (unpaired) electrons. The van der Waals surface area contributed by atoms with Crippen LogP contribution in [0.5, 0.6) is 0 Å². The minimum Gasteiger partial charge on any atom is -0.391 e. The number of aliphatic hydroxyl groups is 1. The van der Waals surface area contributed by atoms with Crippen molar-refractivity contribution in [2.75, 3.05) is 12.0 Å². The molecule has 0 heterocycles. The van der Waals surface area contributed by atoms with Crippen molar-refractivity contribution in [3.05, 3.63) is 35.4 Å². The molecule has 1 N–H and O–H groups in total. The average molecular weight is 261 g/mol. The molecule has 0 aromatic heterocycles. The molecule has 2 rings (SSSR count). The van der Waals surface area contributed by atoms with Gasteiger partial charge in [-0.1, -0.05) is 24.3 Å². The number of rotatable bonds is 4. The van der Waals surface area contributed by atoms with Crippen LogP contribution in [0.3, 0.4) is 0 Å². The number of nitriles is 1. The molecule has 2 unspecified atom stereocenters. The van der Waals surface area contributed by atoms with Crippen molar-refractivity contribution in [1.29, 1.82) is 5.26 Å². The van der Waals surface area contributed by atoms with E-state index in [1.807, 2.05) is 24.5 Å². The zero-order valence-electron chi connectivity index (χ0n) is 10.7.